The number of rotatable bonds is 9. The first kappa shape index (κ1) is 27.5. The molecule has 4 fully saturated rings. The number of likely N-dealkylation sites (tertiary alicyclic amines) is 1. The molecule has 4 amide bonds. The number of hydrogen-bond donors (Lipinski definition) is 3. The van der Waals surface area contributed by atoms with E-state index in [1.165, 1.54) is 0 Å². The van der Waals surface area contributed by atoms with Crippen LogP contribution in [0.4, 0.5) is 0 Å². The molecule has 0 radical (unpaired) electrons. The molecule has 2 aromatic rings. The molecule has 10 heteroatoms. The van der Waals surface area contributed by atoms with Gasteiger partial charge in [-0.05, 0) is 82.8 Å². The number of nitrogens with zero attached hydrogens (tertiary/aromatic N) is 2. The van der Waals surface area contributed by atoms with Crippen molar-refractivity contribution in [1.82, 2.24) is 25.4 Å². The largest absolute Gasteiger partial charge is 0.356 e. The Balaban J connectivity index is 1.27. The zero-order chi connectivity index (χ0) is 28.9. The molecular formula is C31H39N5O5. The topological polar surface area (TPSA) is 130 Å². The Morgan fingerprint density at radius 3 is 2.49 bits per heavy atom. The van der Waals surface area contributed by atoms with Crippen LogP contribution in [0.2, 0.25) is 0 Å². The van der Waals surface area contributed by atoms with Crippen LogP contribution in [0.15, 0.2) is 30.3 Å². The zero-order valence-corrected chi connectivity index (χ0v) is 23.8. The summed E-state index contributed by atoms with van der Waals surface area (Å²) in [5.74, 6) is -2.75. The number of carbonyl (C=O) groups is 5. The van der Waals surface area contributed by atoms with Gasteiger partial charge in [-0.25, -0.2) is 0 Å². The Bertz CT molecular complexity index is 1400. The summed E-state index contributed by atoms with van der Waals surface area (Å²) < 4.78 is 2.02. The minimum absolute atomic E-state index is 0.00789. The monoisotopic (exact) mass is 561 g/mol. The minimum atomic E-state index is -1.13. The summed E-state index contributed by atoms with van der Waals surface area (Å²) in [6, 6.07) is 7.88. The van der Waals surface area contributed by atoms with Crippen molar-refractivity contribution in [2.45, 2.75) is 89.4 Å². The van der Waals surface area contributed by atoms with E-state index >= 15 is 0 Å². The van der Waals surface area contributed by atoms with Gasteiger partial charge in [0.25, 0.3) is 11.8 Å². The summed E-state index contributed by atoms with van der Waals surface area (Å²) in [6.45, 7) is 5.02. The van der Waals surface area contributed by atoms with Crippen LogP contribution >= 0.6 is 0 Å². The third kappa shape index (κ3) is 5.48. The van der Waals surface area contributed by atoms with E-state index in [9.17, 15) is 24.0 Å². The van der Waals surface area contributed by atoms with Crippen LogP contribution in [0.3, 0.4) is 0 Å². The molecule has 10 nitrogen and oxygen atoms in total. The summed E-state index contributed by atoms with van der Waals surface area (Å²) in [5.41, 5.74) is 1.53. The number of amides is 4. The summed E-state index contributed by atoms with van der Waals surface area (Å²) in [4.78, 5) is 68.1. The Labute approximate surface area is 239 Å². The van der Waals surface area contributed by atoms with E-state index in [2.05, 4.69) is 16.0 Å². The maximum Gasteiger partial charge on any atom is 0.289 e. The van der Waals surface area contributed by atoms with Crippen LogP contribution in [0.25, 0.3) is 10.9 Å². The molecular weight excluding hydrogens is 522 g/mol. The average Bonchev–Trinajstić information content (AvgIpc) is 3.85. The van der Waals surface area contributed by atoms with E-state index in [-0.39, 0.29) is 35.7 Å². The minimum Gasteiger partial charge on any atom is -0.356 e. The Morgan fingerprint density at radius 2 is 1.83 bits per heavy atom. The highest BCUT2D eigenvalue weighted by Crippen LogP contribution is 2.55. The van der Waals surface area contributed by atoms with E-state index in [1.807, 2.05) is 48.7 Å². The molecule has 6 rings (SSSR count). The molecule has 3 unspecified atom stereocenters. The highest BCUT2D eigenvalue weighted by atomic mass is 16.2. The van der Waals surface area contributed by atoms with Crippen LogP contribution in [-0.2, 0) is 19.2 Å². The molecule has 41 heavy (non-hydrogen) atoms. The van der Waals surface area contributed by atoms with E-state index in [4.69, 9.17) is 0 Å². The van der Waals surface area contributed by atoms with Crippen LogP contribution < -0.4 is 16.0 Å². The van der Waals surface area contributed by atoms with Crippen molar-refractivity contribution in [3.05, 3.63) is 36.0 Å². The van der Waals surface area contributed by atoms with Crippen molar-refractivity contribution in [3.8, 4) is 0 Å². The van der Waals surface area contributed by atoms with Crippen LogP contribution in [-0.4, -0.2) is 70.1 Å². The number of para-hydroxylation sites is 1. The van der Waals surface area contributed by atoms with Crippen molar-refractivity contribution in [2.24, 2.45) is 11.3 Å². The zero-order valence-electron chi connectivity index (χ0n) is 23.8. The Morgan fingerprint density at radius 1 is 1.07 bits per heavy atom. The maximum atomic E-state index is 14.2. The lowest BCUT2D eigenvalue weighted by atomic mass is 9.86. The number of ketones is 1. The predicted molar refractivity (Wildman–Crippen MR) is 152 cm³/mol. The molecule has 3 N–H and O–H groups in total. The van der Waals surface area contributed by atoms with Gasteiger partial charge in [-0.1, -0.05) is 18.2 Å². The molecule has 3 heterocycles. The second-order valence-corrected chi connectivity index (χ2v) is 12.7. The molecule has 218 valence electrons. The fraction of sp³-hybridized carbons (Fsp3) is 0.581. The second kappa shape index (κ2) is 10.6. The molecule has 2 saturated carbocycles. The number of piperidine rings is 1. The molecule has 2 aliphatic carbocycles. The Hall–Kier alpha value is -3.69. The third-order valence-electron chi connectivity index (χ3n) is 9.34. The van der Waals surface area contributed by atoms with Gasteiger partial charge in [0.15, 0.2) is 0 Å². The summed E-state index contributed by atoms with van der Waals surface area (Å²) in [7, 11) is 0. The van der Waals surface area contributed by atoms with Crippen molar-refractivity contribution in [1.29, 1.82) is 0 Å². The highest BCUT2D eigenvalue weighted by Gasteiger charge is 2.52. The number of hydrogen-bond acceptors (Lipinski definition) is 5. The summed E-state index contributed by atoms with van der Waals surface area (Å²) >= 11 is 0. The lowest BCUT2D eigenvalue weighted by molar-refractivity contribution is -0.141. The molecule has 3 atom stereocenters. The number of benzene rings is 1. The molecule has 2 aliphatic heterocycles. The average molecular weight is 562 g/mol. The third-order valence-corrected chi connectivity index (χ3v) is 9.34. The number of carbonyl (C=O) groups excluding carboxylic acids is 5. The lowest BCUT2D eigenvalue weighted by Gasteiger charge is -2.39. The first-order valence-corrected chi connectivity index (χ1v) is 15.0. The van der Waals surface area contributed by atoms with Gasteiger partial charge in [0.2, 0.25) is 17.6 Å². The summed E-state index contributed by atoms with van der Waals surface area (Å²) in [5, 5.41) is 9.29. The van der Waals surface area contributed by atoms with Gasteiger partial charge in [0, 0.05) is 42.0 Å². The molecule has 0 bridgehead atoms. The quantitative estimate of drug-likeness (QED) is 0.405. The van der Waals surface area contributed by atoms with E-state index in [0.717, 1.165) is 43.0 Å². The lowest BCUT2D eigenvalue weighted by Crippen LogP contribution is -2.58. The number of Topliss-reactive ketones (excluding diaryl/α,β-unsaturated/α-hetero) is 1. The van der Waals surface area contributed by atoms with E-state index in [0.29, 0.717) is 31.6 Å². The van der Waals surface area contributed by atoms with Gasteiger partial charge in [0.1, 0.15) is 11.7 Å². The number of nitrogens with one attached hydrogen (secondary N) is 3. The first-order valence-electron chi connectivity index (χ1n) is 15.0. The number of aromatic nitrogens is 1. The predicted octanol–water partition coefficient (Wildman–Crippen LogP) is 2.47. The van der Waals surface area contributed by atoms with E-state index in [1.54, 1.807) is 4.90 Å². The van der Waals surface area contributed by atoms with Crippen molar-refractivity contribution in [3.63, 3.8) is 0 Å². The van der Waals surface area contributed by atoms with Gasteiger partial charge in [-0.3, -0.25) is 24.0 Å². The Kier molecular flexibility index (Phi) is 7.11. The molecule has 4 aliphatic rings. The van der Waals surface area contributed by atoms with Crippen LogP contribution in [0.1, 0.15) is 81.7 Å². The van der Waals surface area contributed by atoms with Crippen molar-refractivity contribution < 1.29 is 24.0 Å². The molecule has 1 aromatic heterocycles. The first-order chi connectivity index (χ1) is 19.7. The van der Waals surface area contributed by atoms with E-state index < -0.39 is 35.6 Å². The highest BCUT2D eigenvalue weighted by molar-refractivity contribution is 6.38. The van der Waals surface area contributed by atoms with Gasteiger partial charge in [-0.15, -0.1) is 0 Å². The molecule has 1 aromatic carbocycles. The number of fused-ring (bicyclic) bond motifs is 1. The smallest absolute Gasteiger partial charge is 0.289 e. The molecule has 1 spiro atoms. The second-order valence-electron chi connectivity index (χ2n) is 12.7. The van der Waals surface area contributed by atoms with Crippen molar-refractivity contribution >= 4 is 40.3 Å². The van der Waals surface area contributed by atoms with Gasteiger partial charge in [0.05, 0.1) is 6.04 Å². The van der Waals surface area contributed by atoms with Gasteiger partial charge in [-0.2, -0.15) is 0 Å². The fourth-order valence-electron chi connectivity index (χ4n) is 6.58. The standard InChI is InChI=1S/C31H39N5O5/c1-18(2)36-23-6-4-3-5-19(23)16-24(36)30(41)35-14-12-31(10-11-31)17-25(35)28(39)34-22(15-20-9-13-32-27(20)38)26(37)29(40)33-21-7-8-21/h3-6,16,18,20-22,25H,7-15,17H2,1-2H3,(H,32,38)(H,33,40)(H,34,39). The van der Waals surface area contributed by atoms with Crippen molar-refractivity contribution in [2.75, 3.05) is 13.1 Å². The van der Waals surface area contributed by atoms with Crippen LogP contribution in [0.5, 0.6) is 0 Å². The maximum absolute atomic E-state index is 14.2. The SMILES string of the molecule is CC(C)n1c(C(=O)N2CCC3(CC3)CC2C(=O)NC(CC2CCNC2=O)C(=O)C(=O)NC2CC2)cc2ccccc21. The molecule has 2 saturated heterocycles. The summed E-state index contributed by atoms with van der Waals surface area (Å²) in [6.07, 6.45) is 5.63. The fourth-order valence-corrected chi connectivity index (χ4v) is 6.58. The normalized spacial score (nSPS) is 23.9. The van der Waals surface area contributed by atoms with Gasteiger partial charge < -0.3 is 25.4 Å². The van der Waals surface area contributed by atoms with Gasteiger partial charge >= 0.3 is 0 Å². The van der Waals surface area contributed by atoms with Crippen LogP contribution in [0, 0.1) is 11.3 Å².